The summed E-state index contributed by atoms with van der Waals surface area (Å²) in [5, 5.41) is 3.60. The van der Waals surface area contributed by atoms with Crippen LogP contribution >= 0.6 is 11.3 Å². The summed E-state index contributed by atoms with van der Waals surface area (Å²) in [7, 11) is 0. The first kappa shape index (κ1) is 15.3. The number of thiophene rings is 1. The fourth-order valence-corrected chi connectivity index (χ4v) is 3.34. The first-order chi connectivity index (χ1) is 9.72. The summed E-state index contributed by atoms with van der Waals surface area (Å²) in [4.78, 5) is 16.3. The van der Waals surface area contributed by atoms with Crippen LogP contribution in [-0.4, -0.2) is 36.7 Å². The maximum absolute atomic E-state index is 11.6. The van der Waals surface area contributed by atoms with Crippen LogP contribution in [0.15, 0.2) is 12.1 Å². The Bertz CT molecular complexity index is 425. The summed E-state index contributed by atoms with van der Waals surface area (Å²) in [6.45, 7) is 7.01. The molecule has 2 rings (SSSR count). The molecule has 1 aromatic heterocycles. The van der Waals surface area contributed by atoms with Gasteiger partial charge in [-0.3, -0.25) is 0 Å². The Hall–Kier alpha value is -1.07. The van der Waals surface area contributed by atoms with Gasteiger partial charge in [-0.25, -0.2) is 4.79 Å². The van der Waals surface area contributed by atoms with Crippen molar-refractivity contribution < 1.29 is 9.53 Å². The van der Waals surface area contributed by atoms with Crippen molar-refractivity contribution in [2.45, 2.75) is 45.7 Å². The lowest BCUT2D eigenvalue weighted by atomic mass is 10.1. The molecule has 0 bridgehead atoms. The minimum absolute atomic E-state index is 0.170. The second kappa shape index (κ2) is 7.64. The van der Waals surface area contributed by atoms with Crippen LogP contribution in [-0.2, 0) is 17.7 Å². The van der Waals surface area contributed by atoms with E-state index in [0.29, 0.717) is 12.6 Å². The van der Waals surface area contributed by atoms with Crippen LogP contribution in [0.2, 0.25) is 0 Å². The fraction of sp³-hybridized carbons (Fsp3) is 0.667. The Morgan fingerprint density at radius 3 is 2.65 bits per heavy atom. The van der Waals surface area contributed by atoms with Crippen molar-refractivity contribution in [3.8, 4) is 0 Å². The third kappa shape index (κ3) is 4.21. The van der Waals surface area contributed by atoms with E-state index in [-0.39, 0.29) is 6.09 Å². The molecule has 1 N–H and O–H groups in total. The molecule has 0 radical (unpaired) electrons. The van der Waals surface area contributed by atoms with Crippen LogP contribution in [0.1, 0.15) is 36.4 Å². The van der Waals surface area contributed by atoms with Crippen molar-refractivity contribution >= 4 is 17.4 Å². The number of aryl methyl sites for hydroxylation is 1. The Balaban J connectivity index is 1.70. The molecule has 1 aliphatic heterocycles. The number of carbonyl (C=O) groups is 1. The molecule has 1 fully saturated rings. The molecule has 5 heteroatoms. The number of carbonyl (C=O) groups excluding carboxylic acids is 1. The van der Waals surface area contributed by atoms with E-state index in [4.69, 9.17) is 4.74 Å². The normalized spacial score (nSPS) is 16.4. The summed E-state index contributed by atoms with van der Waals surface area (Å²) >= 11 is 1.89. The third-order valence-electron chi connectivity index (χ3n) is 3.65. The van der Waals surface area contributed by atoms with Crippen LogP contribution in [0.3, 0.4) is 0 Å². The average Bonchev–Trinajstić information content (AvgIpc) is 2.94. The molecule has 1 saturated heterocycles. The summed E-state index contributed by atoms with van der Waals surface area (Å²) < 4.78 is 5.03. The van der Waals surface area contributed by atoms with Crippen LogP contribution in [0.4, 0.5) is 4.79 Å². The zero-order chi connectivity index (χ0) is 14.4. The summed E-state index contributed by atoms with van der Waals surface area (Å²) in [6.07, 6.45) is 2.95. The molecule has 1 aliphatic rings. The van der Waals surface area contributed by atoms with E-state index in [1.165, 1.54) is 9.75 Å². The van der Waals surface area contributed by atoms with E-state index < -0.39 is 0 Å². The lowest BCUT2D eigenvalue weighted by molar-refractivity contribution is 0.0950. The van der Waals surface area contributed by atoms with Gasteiger partial charge < -0.3 is 15.0 Å². The maximum atomic E-state index is 11.6. The second-order valence-electron chi connectivity index (χ2n) is 5.06. The van der Waals surface area contributed by atoms with Crippen LogP contribution < -0.4 is 5.32 Å². The summed E-state index contributed by atoms with van der Waals surface area (Å²) in [5.74, 6) is 0. The third-order valence-corrected chi connectivity index (χ3v) is 4.88. The number of piperidine rings is 1. The first-order valence-corrected chi connectivity index (χ1v) is 8.27. The highest BCUT2D eigenvalue weighted by molar-refractivity contribution is 7.11. The van der Waals surface area contributed by atoms with Gasteiger partial charge in [-0.2, -0.15) is 0 Å². The first-order valence-electron chi connectivity index (χ1n) is 7.45. The van der Waals surface area contributed by atoms with E-state index in [1.54, 1.807) is 0 Å². The molecule has 1 aromatic rings. The van der Waals surface area contributed by atoms with Gasteiger partial charge in [-0.15, -0.1) is 11.3 Å². The quantitative estimate of drug-likeness (QED) is 0.908. The predicted molar refractivity (Wildman–Crippen MR) is 82.2 cm³/mol. The number of hydrogen-bond donors (Lipinski definition) is 1. The molecule has 112 valence electrons. The highest BCUT2D eigenvalue weighted by atomic mass is 32.1. The van der Waals surface area contributed by atoms with Gasteiger partial charge in [-0.1, -0.05) is 6.92 Å². The monoisotopic (exact) mass is 296 g/mol. The molecule has 2 heterocycles. The lowest BCUT2D eigenvalue weighted by Gasteiger charge is -2.31. The zero-order valence-corrected chi connectivity index (χ0v) is 13.2. The van der Waals surface area contributed by atoms with Crippen LogP contribution in [0.25, 0.3) is 0 Å². The Morgan fingerprint density at radius 2 is 2.05 bits per heavy atom. The number of nitrogens with zero attached hydrogens (tertiary/aromatic N) is 1. The SMILES string of the molecule is CCOC(=O)N1CCC(NCc2ccc(CC)s2)CC1. The number of nitrogens with one attached hydrogen (secondary N) is 1. The fourth-order valence-electron chi connectivity index (χ4n) is 2.43. The van der Waals surface area contributed by atoms with Gasteiger partial charge in [-0.05, 0) is 38.3 Å². The minimum atomic E-state index is -0.170. The number of ether oxygens (including phenoxy) is 1. The summed E-state index contributed by atoms with van der Waals surface area (Å²) in [6, 6.07) is 4.93. The molecule has 0 unspecified atom stereocenters. The molecular weight excluding hydrogens is 272 g/mol. The van der Waals surface area contributed by atoms with Gasteiger partial charge in [0.05, 0.1) is 6.61 Å². The van der Waals surface area contributed by atoms with Crippen molar-refractivity contribution in [1.29, 1.82) is 0 Å². The van der Waals surface area contributed by atoms with Gasteiger partial charge in [0.2, 0.25) is 0 Å². The maximum Gasteiger partial charge on any atom is 0.409 e. The lowest BCUT2D eigenvalue weighted by Crippen LogP contribution is -2.44. The van der Waals surface area contributed by atoms with Gasteiger partial charge in [0.15, 0.2) is 0 Å². The molecular formula is C15H24N2O2S. The second-order valence-corrected chi connectivity index (χ2v) is 6.32. The van der Waals surface area contributed by atoms with Crippen molar-refractivity contribution in [1.82, 2.24) is 10.2 Å². The van der Waals surface area contributed by atoms with Crippen molar-refractivity contribution in [2.75, 3.05) is 19.7 Å². The highest BCUT2D eigenvalue weighted by Crippen LogP contribution is 2.18. The Labute approximate surface area is 125 Å². The number of likely N-dealkylation sites (tertiary alicyclic amines) is 1. The predicted octanol–water partition coefficient (Wildman–Crippen LogP) is 3.02. The molecule has 4 nitrogen and oxygen atoms in total. The standard InChI is InChI=1S/C15H24N2O2S/c1-3-13-5-6-14(20-13)11-16-12-7-9-17(10-8-12)15(18)19-4-2/h5-6,12,16H,3-4,7-11H2,1-2H3. The Kier molecular flexibility index (Phi) is 5.86. The van der Waals surface area contributed by atoms with E-state index >= 15 is 0 Å². The molecule has 20 heavy (non-hydrogen) atoms. The zero-order valence-electron chi connectivity index (χ0n) is 12.4. The molecule has 0 aromatic carbocycles. The van der Waals surface area contributed by atoms with Gasteiger partial charge in [0.1, 0.15) is 0 Å². The van der Waals surface area contributed by atoms with E-state index in [0.717, 1.165) is 38.9 Å². The van der Waals surface area contributed by atoms with E-state index in [9.17, 15) is 4.79 Å². The Morgan fingerprint density at radius 1 is 1.35 bits per heavy atom. The number of amides is 1. The van der Waals surface area contributed by atoms with Crippen molar-refractivity contribution in [3.05, 3.63) is 21.9 Å². The smallest absolute Gasteiger partial charge is 0.409 e. The van der Waals surface area contributed by atoms with Crippen LogP contribution in [0.5, 0.6) is 0 Å². The molecule has 0 aliphatic carbocycles. The molecule has 0 saturated carbocycles. The number of rotatable bonds is 5. The van der Waals surface area contributed by atoms with Crippen molar-refractivity contribution in [2.24, 2.45) is 0 Å². The van der Waals surface area contributed by atoms with E-state index in [2.05, 4.69) is 24.4 Å². The van der Waals surface area contributed by atoms with Crippen LogP contribution in [0, 0.1) is 0 Å². The van der Waals surface area contributed by atoms with Crippen molar-refractivity contribution in [3.63, 3.8) is 0 Å². The number of hydrogen-bond acceptors (Lipinski definition) is 4. The van der Waals surface area contributed by atoms with Gasteiger partial charge >= 0.3 is 6.09 Å². The minimum Gasteiger partial charge on any atom is -0.450 e. The largest absolute Gasteiger partial charge is 0.450 e. The van der Waals surface area contributed by atoms with E-state index in [1.807, 2.05) is 23.2 Å². The molecule has 1 amide bonds. The topological polar surface area (TPSA) is 41.6 Å². The highest BCUT2D eigenvalue weighted by Gasteiger charge is 2.23. The van der Waals surface area contributed by atoms with Gasteiger partial charge in [0, 0.05) is 35.4 Å². The van der Waals surface area contributed by atoms with Gasteiger partial charge in [0.25, 0.3) is 0 Å². The molecule has 0 spiro atoms. The molecule has 0 atom stereocenters. The average molecular weight is 296 g/mol. The summed E-state index contributed by atoms with van der Waals surface area (Å²) in [5.41, 5.74) is 0.